The standard InChI is InChI=1S/C11H14O/c1-8(2)11-10-6-4-3-5-9(10)7-12-11/h3-6,8,11H,7H2,1-2H3/t11-/m0/s1. The van der Waals surface area contributed by atoms with Crippen LogP contribution < -0.4 is 0 Å². The van der Waals surface area contributed by atoms with Crippen molar-refractivity contribution >= 4 is 0 Å². The van der Waals surface area contributed by atoms with Gasteiger partial charge in [0.15, 0.2) is 0 Å². The SMILES string of the molecule is CC(C)[C@@H]1OCc2ccccc21. The lowest BCUT2D eigenvalue weighted by atomic mass is 9.98. The summed E-state index contributed by atoms with van der Waals surface area (Å²) in [7, 11) is 0. The second kappa shape index (κ2) is 2.91. The highest BCUT2D eigenvalue weighted by Gasteiger charge is 2.24. The number of hydrogen-bond donors (Lipinski definition) is 0. The number of hydrogen-bond acceptors (Lipinski definition) is 1. The van der Waals surface area contributed by atoms with Gasteiger partial charge in [-0.3, -0.25) is 0 Å². The minimum atomic E-state index is 0.321. The third-order valence-corrected chi connectivity index (χ3v) is 2.39. The molecule has 1 heteroatoms. The summed E-state index contributed by atoms with van der Waals surface area (Å²) >= 11 is 0. The predicted octanol–water partition coefficient (Wildman–Crippen LogP) is 2.91. The van der Waals surface area contributed by atoms with E-state index < -0.39 is 0 Å². The molecule has 0 aromatic heterocycles. The maximum Gasteiger partial charge on any atom is 0.0855 e. The van der Waals surface area contributed by atoms with Crippen LogP contribution in [0, 0.1) is 5.92 Å². The molecule has 0 saturated heterocycles. The molecule has 0 aliphatic carbocycles. The van der Waals surface area contributed by atoms with Crippen LogP contribution in [0.2, 0.25) is 0 Å². The lowest BCUT2D eigenvalue weighted by Crippen LogP contribution is -2.03. The molecule has 0 unspecified atom stereocenters. The Morgan fingerprint density at radius 3 is 2.83 bits per heavy atom. The first-order chi connectivity index (χ1) is 5.79. The quantitative estimate of drug-likeness (QED) is 0.617. The fourth-order valence-electron chi connectivity index (χ4n) is 1.76. The Hall–Kier alpha value is -0.820. The van der Waals surface area contributed by atoms with Gasteiger partial charge in [0, 0.05) is 0 Å². The van der Waals surface area contributed by atoms with Gasteiger partial charge in [0.2, 0.25) is 0 Å². The van der Waals surface area contributed by atoms with Gasteiger partial charge in [0.25, 0.3) is 0 Å². The van der Waals surface area contributed by atoms with E-state index in [9.17, 15) is 0 Å². The summed E-state index contributed by atoms with van der Waals surface area (Å²) in [5, 5.41) is 0. The van der Waals surface area contributed by atoms with E-state index in [1.807, 2.05) is 0 Å². The third kappa shape index (κ3) is 1.14. The second-order valence-electron chi connectivity index (χ2n) is 3.67. The van der Waals surface area contributed by atoms with Crippen molar-refractivity contribution in [2.24, 2.45) is 5.92 Å². The Morgan fingerprint density at radius 2 is 2.08 bits per heavy atom. The average molecular weight is 162 g/mol. The maximum atomic E-state index is 5.68. The van der Waals surface area contributed by atoms with Crippen LogP contribution in [0.1, 0.15) is 31.1 Å². The number of ether oxygens (including phenoxy) is 1. The Labute approximate surface area is 73.4 Å². The molecule has 1 aromatic rings. The molecule has 0 N–H and O–H groups in total. The third-order valence-electron chi connectivity index (χ3n) is 2.39. The fraction of sp³-hybridized carbons (Fsp3) is 0.455. The molecule has 0 spiro atoms. The maximum absolute atomic E-state index is 5.68. The molecule has 1 aliphatic heterocycles. The Morgan fingerprint density at radius 1 is 1.33 bits per heavy atom. The Bertz CT molecular complexity index is 278. The van der Waals surface area contributed by atoms with Crippen molar-refractivity contribution in [2.75, 3.05) is 0 Å². The van der Waals surface area contributed by atoms with E-state index >= 15 is 0 Å². The van der Waals surface area contributed by atoms with Crippen LogP contribution >= 0.6 is 0 Å². The van der Waals surface area contributed by atoms with Crippen molar-refractivity contribution in [3.05, 3.63) is 35.4 Å². The lowest BCUT2D eigenvalue weighted by molar-refractivity contribution is 0.0341. The van der Waals surface area contributed by atoms with Gasteiger partial charge in [-0.05, 0) is 17.0 Å². The monoisotopic (exact) mass is 162 g/mol. The zero-order valence-electron chi connectivity index (χ0n) is 7.58. The normalized spacial score (nSPS) is 21.4. The minimum Gasteiger partial charge on any atom is -0.369 e. The van der Waals surface area contributed by atoms with Gasteiger partial charge in [-0.2, -0.15) is 0 Å². The van der Waals surface area contributed by atoms with Crippen LogP contribution in [0.3, 0.4) is 0 Å². The van der Waals surface area contributed by atoms with Crippen LogP contribution in [0.5, 0.6) is 0 Å². The predicted molar refractivity (Wildman–Crippen MR) is 48.8 cm³/mol. The van der Waals surface area contributed by atoms with Crippen molar-refractivity contribution in [1.82, 2.24) is 0 Å². The average Bonchev–Trinajstić information content (AvgIpc) is 2.47. The largest absolute Gasteiger partial charge is 0.369 e. The van der Waals surface area contributed by atoms with Gasteiger partial charge in [-0.15, -0.1) is 0 Å². The topological polar surface area (TPSA) is 9.23 Å². The highest BCUT2D eigenvalue weighted by molar-refractivity contribution is 5.31. The van der Waals surface area contributed by atoms with Gasteiger partial charge in [-0.25, -0.2) is 0 Å². The van der Waals surface area contributed by atoms with Crippen molar-refractivity contribution in [3.8, 4) is 0 Å². The molecule has 0 radical (unpaired) electrons. The first-order valence-corrected chi connectivity index (χ1v) is 4.48. The molecule has 2 rings (SSSR count). The molecule has 1 atom stereocenters. The summed E-state index contributed by atoms with van der Waals surface area (Å²) < 4.78 is 5.68. The molecule has 0 saturated carbocycles. The van der Waals surface area contributed by atoms with Crippen LogP contribution in [0.15, 0.2) is 24.3 Å². The fourth-order valence-corrected chi connectivity index (χ4v) is 1.76. The smallest absolute Gasteiger partial charge is 0.0855 e. The minimum absolute atomic E-state index is 0.321. The van der Waals surface area contributed by atoms with E-state index in [-0.39, 0.29) is 0 Å². The molecular formula is C11H14O. The van der Waals surface area contributed by atoms with E-state index in [1.54, 1.807) is 0 Å². The molecule has 0 bridgehead atoms. The summed E-state index contributed by atoms with van der Waals surface area (Å²) in [4.78, 5) is 0. The Kier molecular flexibility index (Phi) is 1.89. The van der Waals surface area contributed by atoms with E-state index in [4.69, 9.17) is 4.74 Å². The summed E-state index contributed by atoms with van der Waals surface area (Å²) in [5.74, 6) is 0.577. The van der Waals surface area contributed by atoms with E-state index in [1.165, 1.54) is 11.1 Å². The van der Waals surface area contributed by atoms with Gasteiger partial charge in [0.1, 0.15) is 0 Å². The van der Waals surface area contributed by atoms with E-state index in [2.05, 4.69) is 38.1 Å². The van der Waals surface area contributed by atoms with Crippen LogP contribution in [-0.2, 0) is 11.3 Å². The van der Waals surface area contributed by atoms with Crippen LogP contribution in [0.4, 0.5) is 0 Å². The highest BCUT2D eigenvalue weighted by atomic mass is 16.5. The molecule has 1 heterocycles. The summed E-state index contributed by atoms with van der Waals surface area (Å²) in [6.45, 7) is 5.19. The zero-order chi connectivity index (χ0) is 8.55. The van der Waals surface area contributed by atoms with Gasteiger partial charge >= 0.3 is 0 Å². The molecule has 0 fully saturated rings. The van der Waals surface area contributed by atoms with E-state index in [0.29, 0.717) is 12.0 Å². The second-order valence-corrected chi connectivity index (χ2v) is 3.67. The van der Waals surface area contributed by atoms with Gasteiger partial charge in [0.05, 0.1) is 12.7 Å². The lowest BCUT2D eigenvalue weighted by Gasteiger charge is -2.14. The van der Waals surface area contributed by atoms with Crippen molar-refractivity contribution in [2.45, 2.75) is 26.6 Å². The number of benzene rings is 1. The molecule has 1 nitrogen and oxygen atoms in total. The number of rotatable bonds is 1. The van der Waals surface area contributed by atoms with Crippen LogP contribution in [-0.4, -0.2) is 0 Å². The number of fused-ring (bicyclic) bond motifs is 1. The summed E-state index contributed by atoms with van der Waals surface area (Å²) in [5.41, 5.74) is 2.74. The Balaban J connectivity index is 2.36. The summed E-state index contributed by atoms with van der Waals surface area (Å²) in [6.07, 6.45) is 0.321. The van der Waals surface area contributed by atoms with Crippen LogP contribution in [0.25, 0.3) is 0 Å². The van der Waals surface area contributed by atoms with Gasteiger partial charge < -0.3 is 4.74 Å². The molecular weight excluding hydrogens is 148 g/mol. The van der Waals surface area contributed by atoms with Crippen molar-refractivity contribution in [3.63, 3.8) is 0 Å². The molecule has 1 aliphatic rings. The van der Waals surface area contributed by atoms with E-state index in [0.717, 1.165) is 6.61 Å². The van der Waals surface area contributed by atoms with Gasteiger partial charge in [-0.1, -0.05) is 38.1 Å². The summed E-state index contributed by atoms with van der Waals surface area (Å²) in [6, 6.07) is 8.48. The first-order valence-electron chi connectivity index (χ1n) is 4.48. The molecule has 12 heavy (non-hydrogen) atoms. The van der Waals surface area contributed by atoms with Crippen molar-refractivity contribution in [1.29, 1.82) is 0 Å². The molecule has 64 valence electrons. The first kappa shape index (κ1) is 7.81. The highest BCUT2D eigenvalue weighted by Crippen LogP contribution is 2.35. The zero-order valence-corrected chi connectivity index (χ0v) is 7.58. The molecule has 1 aromatic carbocycles. The molecule has 0 amide bonds. The van der Waals surface area contributed by atoms with Crippen molar-refractivity contribution < 1.29 is 4.74 Å².